The van der Waals surface area contributed by atoms with Crippen LogP contribution in [0.15, 0.2) is 0 Å². The molecule has 0 aromatic heterocycles. The maximum atomic E-state index is 11.2. The van der Waals surface area contributed by atoms with Gasteiger partial charge in [0.2, 0.25) is 0 Å². The molecule has 13 heavy (non-hydrogen) atoms. The third kappa shape index (κ3) is 2.53. The summed E-state index contributed by atoms with van der Waals surface area (Å²) in [5.74, 6) is 1.34. The van der Waals surface area contributed by atoms with E-state index >= 15 is 0 Å². The molecule has 2 rings (SSSR count). The van der Waals surface area contributed by atoms with Gasteiger partial charge >= 0.3 is 0 Å². The van der Waals surface area contributed by atoms with Gasteiger partial charge in [-0.05, 0) is 31.7 Å². The molecule has 1 saturated heterocycles. The Kier molecular flexibility index (Phi) is 2.99. The summed E-state index contributed by atoms with van der Waals surface area (Å²) in [5.41, 5.74) is 0. The zero-order chi connectivity index (χ0) is 9.10. The fourth-order valence-electron chi connectivity index (χ4n) is 2.62. The van der Waals surface area contributed by atoms with Crippen molar-refractivity contribution in [1.29, 1.82) is 0 Å². The van der Waals surface area contributed by atoms with Gasteiger partial charge in [-0.25, -0.2) is 0 Å². The predicted molar refractivity (Wildman–Crippen MR) is 52.6 cm³/mol. The van der Waals surface area contributed by atoms with E-state index in [0.717, 1.165) is 31.8 Å². The highest BCUT2D eigenvalue weighted by molar-refractivity contribution is 5.81. The SMILES string of the molecule is O=C1CCCN(CC2CCCC2)C1. The van der Waals surface area contributed by atoms with Gasteiger partial charge in [-0.1, -0.05) is 12.8 Å². The van der Waals surface area contributed by atoms with Crippen molar-refractivity contribution in [2.75, 3.05) is 19.6 Å². The van der Waals surface area contributed by atoms with E-state index in [0.29, 0.717) is 5.78 Å². The van der Waals surface area contributed by atoms with Crippen LogP contribution in [-0.2, 0) is 4.79 Å². The number of Topliss-reactive ketones (excluding diaryl/α,β-unsaturated/α-hetero) is 1. The first-order chi connectivity index (χ1) is 6.34. The summed E-state index contributed by atoms with van der Waals surface area (Å²) >= 11 is 0. The lowest BCUT2D eigenvalue weighted by Crippen LogP contribution is -2.38. The highest BCUT2D eigenvalue weighted by Crippen LogP contribution is 2.26. The number of carbonyl (C=O) groups excluding carboxylic acids is 1. The van der Waals surface area contributed by atoms with Crippen molar-refractivity contribution in [3.63, 3.8) is 0 Å². The molecule has 2 heteroatoms. The molecule has 0 aromatic rings. The molecule has 1 aliphatic carbocycles. The first kappa shape index (κ1) is 9.20. The Morgan fingerprint density at radius 1 is 1.23 bits per heavy atom. The third-order valence-corrected chi connectivity index (χ3v) is 3.32. The van der Waals surface area contributed by atoms with E-state index < -0.39 is 0 Å². The fraction of sp³-hybridized carbons (Fsp3) is 0.909. The number of hydrogen-bond acceptors (Lipinski definition) is 2. The highest BCUT2D eigenvalue weighted by atomic mass is 16.1. The Labute approximate surface area is 80.3 Å². The molecular weight excluding hydrogens is 162 g/mol. The summed E-state index contributed by atoms with van der Waals surface area (Å²) in [7, 11) is 0. The van der Waals surface area contributed by atoms with Crippen molar-refractivity contribution in [2.24, 2.45) is 5.92 Å². The predicted octanol–water partition coefficient (Wildman–Crippen LogP) is 1.84. The minimum Gasteiger partial charge on any atom is -0.298 e. The number of carbonyl (C=O) groups is 1. The second-order valence-electron chi connectivity index (χ2n) is 4.53. The second kappa shape index (κ2) is 4.23. The van der Waals surface area contributed by atoms with Crippen LogP contribution in [0.2, 0.25) is 0 Å². The van der Waals surface area contributed by atoms with Gasteiger partial charge in [0.1, 0.15) is 5.78 Å². The largest absolute Gasteiger partial charge is 0.298 e. The molecule has 1 heterocycles. The minimum atomic E-state index is 0.448. The second-order valence-corrected chi connectivity index (χ2v) is 4.53. The molecule has 74 valence electrons. The smallest absolute Gasteiger partial charge is 0.146 e. The molecule has 0 bridgehead atoms. The van der Waals surface area contributed by atoms with Crippen molar-refractivity contribution in [2.45, 2.75) is 38.5 Å². The van der Waals surface area contributed by atoms with Crippen LogP contribution < -0.4 is 0 Å². The van der Waals surface area contributed by atoms with E-state index in [1.165, 1.54) is 32.2 Å². The van der Waals surface area contributed by atoms with Crippen LogP contribution in [0, 0.1) is 5.92 Å². The molecular formula is C11H19NO. The molecule has 1 saturated carbocycles. The van der Waals surface area contributed by atoms with Crippen molar-refractivity contribution < 1.29 is 4.79 Å². The summed E-state index contributed by atoms with van der Waals surface area (Å²) in [4.78, 5) is 13.6. The number of ketones is 1. The van der Waals surface area contributed by atoms with Crippen molar-refractivity contribution >= 4 is 5.78 Å². The molecule has 0 atom stereocenters. The fourth-order valence-corrected chi connectivity index (χ4v) is 2.62. The quantitative estimate of drug-likeness (QED) is 0.648. The first-order valence-corrected chi connectivity index (χ1v) is 5.58. The van der Waals surface area contributed by atoms with Crippen LogP contribution in [0.5, 0.6) is 0 Å². The Bertz CT molecular complexity index is 185. The van der Waals surface area contributed by atoms with Crippen LogP contribution in [0.1, 0.15) is 38.5 Å². The molecule has 0 N–H and O–H groups in total. The van der Waals surface area contributed by atoms with E-state index in [-0.39, 0.29) is 0 Å². The van der Waals surface area contributed by atoms with Gasteiger partial charge in [0.05, 0.1) is 6.54 Å². The summed E-state index contributed by atoms with van der Waals surface area (Å²) in [6, 6.07) is 0. The maximum absolute atomic E-state index is 11.2. The van der Waals surface area contributed by atoms with E-state index in [1.54, 1.807) is 0 Å². The minimum absolute atomic E-state index is 0.448. The average Bonchev–Trinajstić information content (AvgIpc) is 2.57. The topological polar surface area (TPSA) is 20.3 Å². The Morgan fingerprint density at radius 2 is 2.00 bits per heavy atom. The van der Waals surface area contributed by atoms with Crippen molar-refractivity contribution in [3.8, 4) is 0 Å². The van der Waals surface area contributed by atoms with Crippen LogP contribution in [0.25, 0.3) is 0 Å². The van der Waals surface area contributed by atoms with E-state index in [1.807, 2.05) is 0 Å². The standard InChI is InChI=1S/C11H19NO/c13-11-6-3-7-12(9-11)8-10-4-1-2-5-10/h10H,1-9H2. The summed E-state index contributed by atoms with van der Waals surface area (Å²) in [6.45, 7) is 3.07. The normalized spacial score (nSPS) is 26.9. The monoisotopic (exact) mass is 181 g/mol. The molecule has 0 spiro atoms. The highest BCUT2D eigenvalue weighted by Gasteiger charge is 2.22. The van der Waals surface area contributed by atoms with Gasteiger partial charge in [0, 0.05) is 13.0 Å². The maximum Gasteiger partial charge on any atom is 0.146 e. The molecule has 2 aliphatic rings. The lowest BCUT2D eigenvalue weighted by molar-refractivity contribution is -0.122. The molecule has 0 aromatic carbocycles. The van der Waals surface area contributed by atoms with Gasteiger partial charge in [-0.15, -0.1) is 0 Å². The molecule has 0 radical (unpaired) electrons. The van der Waals surface area contributed by atoms with Gasteiger partial charge in [-0.3, -0.25) is 9.69 Å². The number of nitrogens with zero attached hydrogens (tertiary/aromatic N) is 1. The third-order valence-electron chi connectivity index (χ3n) is 3.32. The van der Waals surface area contributed by atoms with Gasteiger partial charge in [0.25, 0.3) is 0 Å². The number of rotatable bonds is 2. The lowest BCUT2D eigenvalue weighted by atomic mass is 10.0. The van der Waals surface area contributed by atoms with Crippen molar-refractivity contribution in [3.05, 3.63) is 0 Å². The molecule has 2 fully saturated rings. The zero-order valence-corrected chi connectivity index (χ0v) is 8.30. The van der Waals surface area contributed by atoms with Crippen LogP contribution in [0.3, 0.4) is 0 Å². The molecule has 1 aliphatic heterocycles. The Morgan fingerprint density at radius 3 is 2.69 bits per heavy atom. The van der Waals surface area contributed by atoms with E-state index in [2.05, 4.69) is 4.90 Å². The average molecular weight is 181 g/mol. The first-order valence-electron chi connectivity index (χ1n) is 5.58. The van der Waals surface area contributed by atoms with Crippen LogP contribution >= 0.6 is 0 Å². The van der Waals surface area contributed by atoms with E-state index in [4.69, 9.17) is 0 Å². The van der Waals surface area contributed by atoms with Crippen molar-refractivity contribution in [1.82, 2.24) is 4.90 Å². The lowest BCUT2D eigenvalue weighted by Gasteiger charge is -2.27. The van der Waals surface area contributed by atoms with Gasteiger partial charge in [-0.2, -0.15) is 0 Å². The summed E-state index contributed by atoms with van der Waals surface area (Å²) in [5, 5.41) is 0. The Hall–Kier alpha value is -0.370. The van der Waals surface area contributed by atoms with Gasteiger partial charge < -0.3 is 0 Å². The molecule has 0 unspecified atom stereocenters. The number of piperidine rings is 1. The molecule has 2 nitrogen and oxygen atoms in total. The Balaban J connectivity index is 1.76. The number of likely N-dealkylation sites (tertiary alicyclic amines) is 1. The molecule has 0 amide bonds. The van der Waals surface area contributed by atoms with E-state index in [9.17, 15) is 4.79 Å². The summed E-state index contributed by atoms with van der Waals surface area (Å²) in [6.07, 6.45) is 7.51. The van der Waals surface area contributed by atoms with Crippen LogP contribution in [0.4, 0.5) is 0 Å². The van der Waals surface area contributed by atoms with Crippen LogP contribution in [-0.4, -0.2) is 30.3 Å². The summed E-state index contributed by atoms with van der Waals surface area (Å²) < 4.78 is 0. The van der Waals surface area contributed by atoms with Gasteiger partial charge in [0.15, 0.2) is 0 Å². The number of hydrogen-bond donors (Lipinski definition) is 0. The zero-order valence-electron chi connectivity index (χ0n) is 8.30.